The molecule has 0 aromatic heterocycles. The second-order valence-electron chi connectivity index (χ2n) is 4.67. The van der Waals surface area contributed by atoms with Gasteiger partial charge in [-0.05, 0) is 29.9 Å². The lowest BCUT2D eigenvalue weighted by Crippen LogP contribution is -2.02. The van der Waals surface area contributed by atoms with Crippen LogP contribution in [0, 0.1) is 5.92 Å². The quantitative estimate of drug-likeness (QED) is 0.672. The van der Waals surface area contributed by atoms with Gasteiger partial charge in [-0.25, -0.2) is 0 Å². The lowest BCUT2D eigenvalue weighted by Gasteiger charge is -2.20. The highest BCUT2D eigenvalue weighted by Crippen LogP contribution is 2.32. The first kappa shape index (κ1) is 11.2. The molecule has 1 unspecified atom stereocenters. The van der Waals surface area contributed by atoms with Crippen molar-refractivity contribution in [2.45, 2.75) is 33.1 Å². The third kappa shape index (κ3) is 2.44. The predicted octanol–water partition coefficient (Wildman–Crippen LogP) is 4.84. The number of hydrogen-bond acceptors (Lipinski definition) is 0. The standard InChI is InChI=1S/C16H20/c1-3-7-15-12-13(2)10-11-16(15)14-8-5-4-6-9-14/h4-6,8-11,13H,3,7,12H2,1-2H3. The highest BCUT2D eigenvalue weighted by Gasteiger charge is 2.13. The number of rotatable bonds is 3. The van der Waals surface area contributed by atoms with E-state index in [1.165, 1.54) is 30.4 Å². The Labute approximate surface area is 98.7 Å². The lowest BCUT2D eigenvalue weighted by molar-refractivity contribution is 0.678. The van der Waals surface area contributed by atoms with Crippen molar-refractivity contribution in [3.05, 3.63) is 53.6 Å². The van der Waals surface area contributed by atoms with Crippen LogP contribution >= 0.6 is 0 Å². The summed E-state index contributed by atoms with van der Waals surface area (Å²) in [4.78, 5) is 0. The van der Waals surface area contributed by atoms with Crippen LogP contribution in [0.2, 0.25) is 0 Å². The van der Waals surface area contributed by atoms with Gasteiger partial charge in [-0.3, -0.25) is 0 Å². The summed E-state index contributed by atoms with van der Waals surface area (Å²) < 4.78 is 0. The number of hydrogen-bond donors (Lipinski definition) is 0. The molecular formula is C16H20. The molecule has 1 atom stereocenters. The van der Waals surface area contributed by atoms with Gasteiger partial charge in [-0.1, -0.05) is 68.3 Å². The molecule has 0 saturated carbocycles. The molecule has 0 heteroatoms. The van der Waals surface area contributed by atoms with Gasteiger partial charge in [0.25, 0.3) is 0 Å². The zero-order valence-corrected chi connectivity index (χ0v) is 10.2. The Kier molecular flexibility index (Phi) is 3.61. The van der Waals surface area contributed by atoms with E-state index in [0.29, 0.717) is 5.92 Å². The predicted molar refractivity (Wildman–Crippen MR) is 71.2 cm³/mol. The normalized spacial score (nSPS) is 20.2. The van der Waals surface area contributed by atoms with E-state index in [2.05, 4.69) is 56.3 Å². The third-order valence-electron chi connectivity index (χ3n) is 3.18. The molecule has 1 aliphatic rings. The van der Waals surface area contributed by atoms with Gasteiger partial charge < -0.3 is 0 Å². The maximum absolute atomic E-state index is 2.33. The van der Waals surface area contributed by atoms with Crippen LogP contribution in [0.1, 0.15) is 38.7 Å². The topological polar surface area (TPSA) is 0 Å². The van der Waals surface area contributed by atoms with Crippen LogP contribution in [-0.4, -0.2) is 0 Å². The van der Waals surface area contributed by atoms with Crippen molar-refractivity contribution in [2.75, 3.05) is 0 Å². The lowest BCUT2D eigenvalue weighted by atomic mass is 9.85. The number of allylic oxidation sites excluding steroid dienone is 4. The van der Waals surface area contributed by atoms with Gasteiger partial charge in [-0.15, -0.1) is 0 Å². The van der Waals surface area contributed by atoms with Gasteiger partial charge in [0.1, 0.15) is 0 Å². The monoisotopic (exact) mass is 212 g/mol. The van der Waals surface area contributed by atoms with E-state index < -0.39 is 0 Å². The van der Waals surface area contributed by atoms with E-state index in [9.17, 15) is 0 Å². The van der Waals surface area contributed by atoms with Crippen LogP contribution < -0.4 is 0 Å². The van der Waals surface area contributed by atoms with Gasteiger partial charge in [0.15, 0.2) is 0 Å². The second-order valence-corrected chi connectivity index (χ2v) is 4.67. The first-order valence-electron chi connectivity index (χ1n) is 6.27. The third-order valence-corrected chi connectivity index (χ3v) is 3.18. The van der Waals surface area contributed by atoms with Crippen molar-refractivity contribution in [3.8, 4) is 0 Å². The summed E-state index contributed by atoms with van der Waals surface area (Å²) >= 11 is 0. The van der Waals surface area contributed by atoms with Gasteiger partial charge in [-0.2, -0.15) is 0 Å². The van der Waals surface area contributed by atoms with Crippen molar-refractivity contribution in [2.24, 2.45) is 5.92 Å². The Hall–Kier alpha value is -1.30. The summed E-state index contributed by atoms with van der Waals surface area (Å²) in [6.45, 7) is 4.56. The highest BCUT2D eigenvalue weighted by molar-refractivity contribution is 5.77. The zero-order chi connectivity index (χ0) is 11.4. The molecule has 0 N–H and O–H groups in total. The molecule has 2 rings (SSSR count). The van der Waals surface area contributed by atoms with Gasteiger partial charge in [0.05, 0.1) is 0 Å². The Morgan fingerprint density at radius 3 is 2.62 bits per heavy atom. The van der Waals surface area contributed by atoms with Gasteiger partial charge in [0.2, 0.25) is 0 Å². The van der Waals surface area contributed by atoms with E-state index in [-0.39, 0.29) is 0 Å². The second kappa shape index (κ2) is 5.16. The van der Waals surface area contributed by atoms with Crippen LogP contribution in [0.3, 0.4) is 0 Å². The summed E-state index contributed by atoms with van der Waals surface area (Å²) in [6.07, 6.45) is 8.36. The SMILES string of the molecule is CCCC1=C(c2ccccc2)C=CC(C)C1. The molecule has 1 aromatic rings. The van der Waals surface area contributed by atoms with E-state index >= 15 is 0 Å². The molecule has 0 amide bonds. The van der Waals surface area contributed by atoms with Crippen molar-refractivity contribution >= 4 is 5.57 Å². The summed E-state index contributed by atoms with van der Waals surface area (Å²) in [5.41, 5.74) is 4.46. The van der Waals surface area contributed by atoms with Crippen molar-refractivity contribution in [1.29, 1.82) is 0 Å². The molecular weight excluding hydrogens is 192 g/mol. The van der Waals surface area contributed by atoms with Crippen LogP contribution in [0.25, 0.3) is 5.57 Å². The summed E-state index contributed by atoms with van der Waals surface area (Å²) in [6, 6.07) is 10.8. The molecule has 0 bridgehead atoms. The molecule has 16 heavy (non-hydrogen) atoms. The van der Waals surface area contributed by atoms with Crippen LogP contribution in [0.4, 0.5) is 0 Å². The fraction of sp³-hybridized carbons (Fsp3) is 0.375. The first-order valence-corrected chi connectivity index (χ1v) is 6.27. The molecule has 0 saturated heterocycles. The maximum Gasteiger partial charge on any atom is -0.0185 e. The van der Waals surface area contributed by atoms with Crippen LogP contribution in [0.15, 0.2) is 48.1 Å². The molecule has 0 aliphatic heterocycles. The smallest absolute Gasteiger partial charge is 0.0185 e. The minimum Gasteiger partial charge on any atom is -0.0808 e. The molecule has 0 heterocycles. The zero-order valence-electron chi connectivity index (χ0n) is 10.2. The summed E-state index contributed by atoms with van der Waals surface area (Å²) in [5.74, 6) is 0.703. The Morgan fingerprint density at radius 1 is 1.19 bits per heavy atom. The average molecular weight is 212 g/mol. The highest BCUT2D eigenvalue weighted by atomic mass is 14.2. The van der Waals surface area contributed by atoms with Crippen LogP contribution in [-0.2, 0) is 0 Å². The van der Waals surface area contributed by atoms with Crippen LogP contribution in [0.5, 0.6) is 0 Å². The van der Waals surface area contributed by atoms with Crippen molar-refractivity contribution in [3.63, 3.8) is 0 Å². The maximum atomic E-state index is 2.33. The molecule has 0 fully saturated rings. The molecule has 0 nitrogen and oxygen atoms in total. The minimum atomic E-state index is 0.703. The molecule has 84 valence electrons. The summed E-state index contributed by atoms with van der Waals surface area (Å²) in [5, 5.41) is 0. The van der Waals surface area contributed by atoms with Gasteiger partial charge >= 0.3 is 0 Å². The molecule has 0 radical (unpaired) electrons. The Balaban J connectivity index is 2.36. The fourth-order valence-electron chi connectivity index (χ4n) is 2.40. The Morgan fingerprint density at radius 2 is 1.94 bits per heavy atom. The Bertz CT molecular complexity index is 395. The van der Waals surface area contributed by atoms with Crippen molar-refractivity contribution < 1.29 is 0 Å². The molecule has 1 aliphatic carbocycles. The molecule has 0 spiro atoms. The van der Waals surface area contributed by atoms with E-state index in [1.807, 2.05) is 0 Å². The largest absolute Gasteiger partial charge is 0.0808 e. The van der Waals surface area contributed by atoms with E-state index in [0.717, 1.165) is 0 Å². The van der Waals surface area contributed by atoms with Crippen molar-refractivity contribution in [1.82, 2.24) is 0 Å². The van der Waals surface area contributed by atoms with E-state index in [4.69, 9.17) is 0 Å². The molecule has 1 aromatic carbocycles. The fourth-order valence-corrected chi connectivity index (χ4v) is 2.40. The summed E-state index contributed by atoms with van der Waals surface area (Å²) in [7, 11) is 0. The van der Waals surface area contributed by atoms with E-state index in [1.54, 1.807) is 5.57 Å². The average Bonchev–Trinajstić information content (AvgIpc) is 2.31. The number of benzene rings is 1. The minimum absolute atomic E-state index is 0.703. The first-order chi connectivity index (χ1) is 7.81. The van der Waals surface area contributed by atoms with Gasteiger partial charge in [0, 0.05) is 0 Å².